The summed E-state index contributed by atoms with van der Waals surface area (Å²) in [4.78, 5) is 21.4. The van der Waals surface area contributed by atoms with Crippen molar-refractivity contribution in [3.8, 4) is 0 Å². The zero-order valence-electron chi connectivity index (χ0n) is 14.0. The van der Waals surface area contributed by atoms with E-state index in [-0.39, 0.29) is 11.9 Å². The van der Waals surface area contributed by atoms with Crippen molar-refractivity contribution in [2.24, 2.45) is 0 Å². The first-order chi connectivity index (χ1) is 11.6. The Morgan fingerprint density at radius 2 is 2.17 bits per heavy atom. The quantitative estimate of drug-likeness (QED) is 0.855. The summed E-state index contributed by atoms with van der Waals surface area (Å²) >= 11 is 6.05. The van der Waals surface area contributed by atoms with Crippen LogP contribution in [0.1, 0.15) is 22.3 Å². The van der Waals surface area contributed by atoms with Gasteiger partial charge in [-0.2, -0.15) is 0 Å². The molecule has 2 aromatic rings. The molecule has 1 aliphatic rings. The average molecular weight is 344 g/mol. The molecule has 0 spiro atoms. The third-order valence-electron chi connectivity index (χ3n) is 4.67. The fraction of sp³-hybridized carbons (Fsp3) is 0.368. The van der Waals surface area contributed by atoms with Gasteiger partial charge >= 0.3 is 0 Å². The van der Waals surface area contributed by atoms with Gasteiger partial charge in [-0.25, -0.2) is 0 Å². The molecule has 3 rings (SSSR count). The van der Waals surface area contributed by atoms with Crippen LogP contribution >= 0.6 is 11.6 Å². The molecule has 0 aliphatic carbocycles. The Morgan fingerprint density at radius 3 is 2.83 bits per heavy atom. The first-order valence-electron chi connectivity index (χ1n) is 8.18. The molecule has 0 saturated carbocycles. The highest BCUT2D eigenvalue weighted by Crippen LogP contribution is 2.27. The summed E-state index contributed by atoms with van der Waals surface area (Å²) in [5.41, 5.74) is 1.80. The van der Waals surface area contributed by atoms with Gasteiger partial charge in [0.05, 0.1) is 6.04 Å². The highest BCUT2D eigenvalue weighted by atomic mass is 35.5. The number of pyridine rings is 1. The molecule has 0 N–H and O–H groups in total. The van der Waals surface area contributed by atoms with E-state index in [1.165, 1.54) is 0 Å². The predicted octanol–water partition coefficient (Wildman–Crippen LogP) is 3.12. The number of carbonyl (C=O) groups excluding carboxylic acids is 1. The zero-order valence-corrected chi connectivity index (χ0v) is 14.8. The highest BCUT2D eigenvalue weighted by molar-refractivity contribution is 6.30. The van der Waals surface area contributed by atoms with Gasteiger partial charge in [0.2, 0.25) is 0 Å². The molecule has 24 heavy (non-hydrogen) atoms. The standard InChI is InChI=1S/C19H22ClN3O/c1-22(2)17-8-10-23(18(17)11-14-5-4-9-21-13-14)19(24)15-6-3-7-16(20)12-15/h3-7,9,12-13,17-18H,8,10-11H2,1-2H3/t17-,18+/m1/s1. The van der Waals surface area contributed by atoms with E-state index in [4.69, 9.17) is 11.6 Å². The Hall–Kier alpha value is -1.91. The normalized spacial score (nSPS) is 20.6. The molecule has 1 aromatic heterocycles. The van der Waals surface area contributed by atoms with Crippen LogP contribution in [0.2, 0.25) is 5.02 Å². The zero-order chi connectivity index (χ0) is 17.1. The van der Waals surface area contributed by atoms with Crippen molar-refractivity contribution in [2.75, 3.05) is 20.6 Å². The lowest BCUT2D eigenvalue weighted by Crippen LogP contribution is -2.45. The maximum absolute atomic E-state index is 13.0. The van der Waals surface area contributed by atoms with Crippen molar-refractivity contribution in [1.29, 1.82) is 0 Å². The number of aromatic nitrogens is 1. The van der Waals surface area contributed by atoms with Crippen LogP contribution in [0.4, 0.5) is 0 Å². The number of benzene rings is 1. The van der Waals surface area contributed by atoms with Gasteiger partial charge < -0.3 is 9.80 Å². The van der Waals surface area contributed by atoms with Crippen LogP contribution in [-0.4, -0.2) is 53.4 Å². The molecule has 4 nitrogen and oxygen atoms in total. The van der Waals surface area contributed by atoms with E-state index < -0.39 is 0 Å². The number of likely N-dealkylation sites (N-methyl/N-ethyl adjacent to an activating group) is 1. The van der Waals surface area contributed by atoms with Crippen LogP contribution in [-0.2, 0) is 6.42 Å². The summed E-state index contributed by atoms with van der Waals surface area (Å²) < 4.78 is 0. The molecule has 2 heterocycles. The molecule has 1 amide bonds. The molecule has 0 unspecified atom stereocenters. The van der Waals surface area contributed by atoms with E-state index in [9.17, 15) is 4.79 Å². The maximum atomic E-state index is 13.0. The predicted molar refractivity (Wildman–Crippen MR) is 96.3 cm³/mol. The number of rotatable bonds is 4. The van der Waals surface area contributed by atoms with Crippen molar-refractivity contribution in [3.63, 3.8) is 0 Å². The fourth-order valence-electron chi connectivity index (χ4n) is 3.49. The summed E-state index contributed by atoms with van der Waals surface area (Å²) in [5, 5.41) is 0.591. The molecule has 5 heteroatoms. The van der Waals surface area contributed by atoms with Crippen LogP contribution in [0.15, 0.2) is 48.8 Å². The third-order valence-corrected chi connectivity index (χ3v) is 4.91. The number of carbonyl (C=O) groups is 1. The largest absolute Gasteiger partial charge is 0.334 e. The van der Waals surface area contributed by atoms with Gasteiger partial charge in [-0.3, -0.25) is 9.78 Å². The van der Waals surface area contributed by atoms with E-state index in [2.05, 4.69) is 30.0 Å². The van der Waals surface area contributed by atoms with Crippen LogP contribution in [0, 0.1) is 0 Å². The molecule has 1 fully saturated rings. The van der Waals surface area contributed by atoms with Crippen molar-refractivity contribution in [1.82, 2.24) is 14.8 Å². The first-order valence-corrected chi connectivity index (χ1v) is 8.56. The lowest BCUT2D eigenvalue weighted by Gasteiger charge is -2.31. The van der Waals surface area contributed by atoms with E-state index in [1.54, 1.807) is 18.3 Å². The molecule has 1 aromatic carbocycles. The third kappa shape index (κ3) is 3.60. The first kappa shape index (κ1) is 16.9. The summed E-state index contributed by atoms with van der Waals surface area (Å²) in [5.74, 6) is 0.0516. The summed E-state index contributed by atoms with van der Waals surface area (Å²) in [6, 6.07) is 11.7. The van der Waals surface area contributed by atoms with Crippen LogP contribution in [0.5, 0.6) is 0 Å². The van der Waals surface area contributed by atoms with E-state index in [0.29, 0.717) is 16.6 Å². The van der Waals surface area contributed by atoms with Gasteiger partial charge in [-0.1, -0.05) is 23.7 Å². The molecule has 1 saturated heterocycles. The molecule has 0 radical (unpaired) electrons. The number of hydrogen-bond acceptors (Lipinski definition) is 3. The Kier molecular flexibility index (Phi) is 5.17. The summed E-state index contributed by atoms with van der Waals surface area (Å²) in [6.45, 7) is 0.763. The second-order valence-corrected chi connectivity index (χ2v) is 6.90. The van der Waals surface area contributed by atoms with Crippen molar-refractivity contribution < 1.29 is 4.79 Å². The molecule has 1 aliphatic heterocycles. The summed E-state index contributed by atoms with van der Waals surface area (Å²) in [7, 11) is 4.16. The smallest absolute Gasteiger partial charge is 0.254 e. The minimum Gasteiger partial charge on any atom is -0.334 e. The average Bonchev–Trinajstić information content (AvgIpc) is 2.99. The van der Waals surface area contributed by atoms with Gasteiger partial charge in [0.25, 0.3) is 5.91 Å². The van der Waals surface area contributed by atoms with Gasteiger partial charge in [0.15, 0.2) is 0 Å². The van der Waals surface area contributed by atoms with Gasteiger partial charge in [0, 0.05) is 35.6 Å². The monoisotopic (exact) mass is 343 g/mol. The maximum Gasteiger partial charge on any atom is 0.254 e. The highest BCUT2D eigenvalue weighted by Gasteiger charge is 2.38. The van der Waals surface area contributed by atoms with E-state index in [0.717, 1.165) is 24.9 Å². The van der Waals surface area contributed by atoms with Crippen LogP contribution in [0.3, 0.4) is 0 Å². The Bertz CT molecular complexity index is 705. The number of halogens is 1. The topological polar surface area (TPSA) is 36.4 Å². The molecule has 126 valence electrons. The Morgan fingerprint density at radius 1 is 1.33 bits per heavy atom. The molecular weight excluding hydrogens is 322 g/mol. The summed E-state index contributed by atoms with van der Waals surface area (Å²) in [6.07, 6.45) is 5.44. The van der Waals surface area contributed by atoms with Crippen molar-refractivity contribution in [3.05, 3.63) is 64.9 Å². The number of nitrogens with zero attached hydrogens (tertiary/aromatic N) is 3. The second kappa shape index (κ2) is 7.32. The van der Waals surface area contributed by atoms with Gasteiger partial charge in [-0.05, 0) is 56.8 Å². The molecule has 0 bridgehead atoms. The minimum atomic E-state index is 0.0516. The second-order valence-electron chi connectivity index (χ2n) is 6.46. The van der Waals surface area contributed by atoms with Crippen LogP contribution < -0.4 is 0 Å². The van der Waals surface area contributed by atoms with Gasteiger partial charge in [-0.15, -0.1) is 0 Å². The Balaban J connectivity index is 1.86. The van der Waals surface area contributed by atoms with Crippen LogP contribution in [0.25, 0.3) is 0 Å². The lowest BCUT2D eigenvalue weighted by molar-refractivity contribution is 0.0704. The number of likely N-dealkylation sites (tertiary alicyclic amines) is 1. The number of hydrogen-bond donors (Lipinski definition) is 0. The van der Waals surface area contributed by atoms with Gasteiger partial charge in [0.1, 0.15) is 0 Å². The molecular formula is C19H22ClN3O. The van der Waals surface area contributed by atoms with E-state index in [1.807, 2.05) is 29.3 Å². The Labute approximate surface area is 148 Å². The molecule has 2 atom stereocenters. The minimum absolute atomic E-state index is 0.0516. The van der Waals surface area contributed by atoms with Crippen molar-refractivity contribution >= 4 is 17.5 Å². The number of amides is 1. The fourth-order valence-corrected chi connectivity index (χ4v) is 3.68. The SMILES string of the molecule is CN(C)[C@@H]1CCN(C(=O)c2cccc(Cl)c2)[C@H]1Cc1cccnc1. The lowest BCUT2D eigenvalue weighted by atomic mass is 10.00. The van der Waals surface area contributed by atoms with Crippen molar-refractivity contribution in [2.45, 2.75) is 24.9 Å². The van der Waals surface area contributed by atoms with E-state index >= 15 is 0 Å².